The number of para-hydroxylation sites is 1. The second kappa shape index (κ2) is 6.55. The van der Waals surface area contributed by atoms with Crippen LogP contribution in [0.2, 0.25) is 0 Å². The lowest BCUT2D eigenvalue weighted by Gasteiger charge is -2.24. The van der Waals surface area contributed by atoms with Gasteiger partial charge in [0.1, 0.15) is 5.58 Å². The number of nitrogens with zero attached hydrogens (tertiary/aromatic N) is 1. The standard InChI is InChI=1S/C21H19NO3/c23-18-14-20(25-19-11-5-4-10-17(18)19)21(24)22-12-6-9-16(22)13-15-7-2-1-3-8-15/h1-5,7-8,10-11,14,16H,6,9,12-13H2/t16-/m0/s1. The molecular weight excluding hydrogens is 314 g/mol. The predicted octanol–water partition coefficient (Wildman–Crippen LogP) is 3.64. The number of hydrogen-bond donors (Lipinski definition) is 0. The van der Waals surface area contributed by atoms with Gasteiger partial charge in [-0.1, -0.05) is 42.5 Å². The van der Waals surface area contributed by atoms with Gasteiger partial charge in [-0.2, -0.15) is 0 Å². The topological polar surface area (TPSA) is 50.5 Å². The zero-order valence-electron chi connectivity index (χ0n) is 13.9. The van der Waals surface area contributed by atoms with Gasteiger partial charge in [-0.3, -0.25) is 9.59 Å². The van der Waals surface area contributed by atoms with E-state index in [0.29, 0.717) is 17.5 Å². The molecule has 126 valence electrons. The van der Waals surface area contributed by atoms with Gasteiger partial charge in [0, 0.05) is 18.7 Å². The van der Waals surface area contributed by atoms with Crippen molar-refractivity contribution < 1.29 is 9.21 Å². The third-order valence-electron chi connectivity index (χ3n) is 4.80. The van der Waals surface area contributed by atoms with Crippen LogP contribution < -0.4 is 5.43 Å². The maximum Gasteiger partial charge on any atom is 0.289 e. The van der Waals surface area contributed by atoms with Crippen molar-refractivity contribution in [2.75, 3.05) is 6.54 Å². The Hall–Kier alpha value is -2.88. The first kappa shape index (κ1) is 15.6. The highest BCUT2D eigenvalue weighted by Crippen LogP contribution is 2.24. The average Bonchev–Trinajstić information content (AvgIpc) is 3.10. The van der Waals surface area contributed by atoms with Crippen LogP contribution in [0.15, 0.2) is 69.9 Å². The molecule has 4 rings (SSSR count). The second-order valence-corrected chi connectivity index (χ2v) is 6.46. The van der Waals surface area contributed by atoms with Gasteiger partial charge in [0.15, 0.2) is 11.2 Å². The van der Waals surface area contributed by atoms with E-state index in [1.54, 1.807) is 24.3 Å². The van der Waals surface area contributed by atoms with Crippen LogP contribution in [0.3, 0.4) is 0 Å². The Kier molecular flexibility index (Phi) is 4.10. The van der Waals surface area contributed by atoms with E-state index in [0.717, 1.165) is 19.3 Å². The van der Waals surface area contributed by atoms with Crippen LogP contribution in [0, 0.1) is 0 Å². The van der Waals surface area contributed by atoms with E-state index in [9.17, 15) is 9.59 Å². The molecule has 2 heterocycles. The molecule has 1 aliphatic heterocycles. The lowest BCUT2D eigenvalue weighted by molar-refractivity contribution is 0.0704. The van der Waals surface area contributed by atoms with Crippen molar-refractivity contribution >= 4 is 16.9 Å². The van der Waals surface area contributed by atoms with Gasteiger partial charge in [0.05, 0.1) is 5.39 Å². The summed E-state index contributed by atoms with van der Waals surface area (Å²) in [4.78, 5) is 27.0. The Labute approximate surface area is 145 Å². The Balaban J connectivity index is 1.62. The number of fused-ring (bicyclic) bond motifs is 1. The Bertz CT molecular complexity index is 962. The first-order valence-corrected chi connectivity index (χ1v) is 8.60. The highest BCUT2D eigenvalue weighted by atomic mass is 16.3. The van der Waals surface area contributed by atoms with Crippen LogP contribution in [0.1, 0.15) is 29.0 Å². The molecule has 1 atom stereocenters. The molecule has 0 saturated carbocycles. The van der Waals surface area contributed by atoms with Crippen molar-refractivity contribution in [3.8, 4) is 0 Å². The van der Waals surface area contributed by atoms with E-state index < -0.39 is 0 Å². The number of hydrogen-bond acceptors (Lipinski definition) is 3. The molecule has 1 aromatic heterocycles. The van der Waals surface area contributed by atoms with Crippen LogP contribution in [0.5, 0.6) is 0 Å². The number of carbonyl (C=O) groups excluding carboxylic acids is 1. The van der Waals surface area contributed by atoms with E-state index in [1.165, 1.54) is 11.6 Å². The monoisotopic (exact) mass is 333 g/mol. The normalized spacial score (nSPS) is 17.1. The molecule has 1 aliphatic rings. The third-order valence-corrected chi connectivity index (χ3v) is 4.80. The van der Waals surface area contributed by atoms with Crippen LogP contribution in [-0.2, 0) is 6.42 Å². The molecule has 4 heteroatoms. The van der Waals surface area contributed by atoms with E-state index in [1.807, 2.05) is 23.1 Å². The van der Waals surface area contributed by atoms with Gasteiger partial charge < -0.3 is 9.32 Å². The van der Waals surface area contributed by atoms with Crippen molar-refractivity contribution in [3.63, 3.8) is 0 Å². The fourth-order valence-electron chi connectivity index (χ4n) is 3.55. The highest BCUT2D eigenvalue weighted by Gasteiger charge is 2.31. The minimum atomic E-state index is -0.193. The largest absolute Gasteiger partial charge is 0.451 e. The third kappa shape index (κ3) is 3.07. The molecular formula is C21H19NO3. The van der Waals surface area contributed by atoms with Gasteiger partial charge >= 0.3 is 0 Å². The molecule has 0 spiro atoms. The molecule has 1 amide bonds. The Morgan fingerprint density at radius 1 is 1.08 bits per heavy atom. The zero-order chi connectivity index (χ0) is 17.2. The van der Waals surface area contributed by atoms with Crippen LogP contribution in [0.4, 0.5) is 0 Å². The quantitative estimate of drug-likeness (QED) is 0.735. The molecule has 4 nitrogen and oxygen atoms in total. The summed E-state index contributed by atoms with van der Waals surface area (Å²) in [6.45, 7) is 0.701. The second-order valence-electron chi connectivity index (χ2n) is 6.46. The molecule has 1 fully saturated rings. The minimum absolute atomic E-state index is 0.128. The molecule has 0 unspecified atom stereocenters. The number of carbonyl (C=O) groups is 1. The maximum atomic E-state index is 12.9. The summed E-state index contributed by atoms with van der Waals surface area (Å²) in [6, 6.07) is 18.7. The van der Waals surface area contributed by atoms with E-state index in [4.69, 9.17) is 4.42 Å². The summed E-state index contributed by atoms with van der Waals surface area (Å²) in [5.41, 5.74) is 1.49. The summed E-state index contributed by atoms with van der Waals surface area (Å²) < 4.78 is 5.72. The van der Waals surface area contributed by atoms with Gasteiger partial charge in [-0.15, -0.1) is 0 Å². The van der Waals surface area contributed by atoms with Crippen molar-refractivity contribution in [2.24, 2.45) is 0 Å². The number of likely N-dealkylation sites (tertiary alicyclic amines) is 1. The smallest absolute Gasteiger partial charge is 0.289 e. The number of benzene rings is 2. The van der Waals surface area contributed by atoms with Gasteiger partial charge in [-0.25, -0.2) is 0 Å². The number of amides is 1. The SMILES string of the molecule is O=C(c1cc(=O)c2ccccc2o1)N1CCC[C@H]1Cc1ccccc1. The molecule has 25 heavy (non-hydrogen) atoms. The van der Waals surface area contributed by atoms with E-state index in [-0.39, 0.29) is 23.1 Å². The summed E-state index contributed by atoms with van der Waals surface area (Å²) in [5, 5.41) is 0.501. The van der Waals surface area contributed by atoms with Gasteiger partial charge in [0.2, 0.25) is 0 Å². The molecule has 0 aliphatic carbocycles. The molecule has 3 aromatic rings. The summed E-state index contributed by atoms with van der Waals surface area (Å²) in [7, 11) is 0. The lowest BCUT2D eigenvalue weighted by atomic mass is 10.0. The molecule has 2 aromatic carbocycles. The van der Waals surface area contributed by atoms with Gasteiger partial charge in [0.25, 0.3) is 5.91 Å². The van der Waals surface area contributed by atoms with Crippen LogP contribution in [-0.4, -0.2) is 23.4 Å². The molecule has 0 radical (unpaired) electrons. The first-order valence-electron chi connectivity index (χ1n) is 8.60. The average molecular weight is 333 g/mol. The summed E-state index contributed by atoms with van der Waals surface area (Å²) in [6.07, 6.45) is 2.77. The van der Waals surface area contributed by atoms with Crippen molar-refractivity contribution in [1.82, 2.24) is 4.90 Å². The van der Waals surface area contributed by atoms with Crippen molar-refractivity contribution in [1.29, 1.82) is 0 Å². The zero-order valence-corrected chi connectivity index (χ0v) is 13.9. The fraction of sp³-hybridized carbons (Fsp3) is 0.238. The van der Waals surface area contributed by atoms with Crippen molar-refractivity contribution in [3.05, 3.63) is 82.2 Å². The van der Waals surface area contributed by atoms with E-state index >= 15 is 0 Å². The Morgan fingerprint density at radius 2 is 1.84 bits per heavy atom. The Morgan fingerprint density at radius 3 is 2.68 bits per heavy atom. The van der Waals surface area contributed by atoms with Crippen LogP contribution in [0.25, 0.3) is 11.0 Å². The predicted molar refractivity (Wildman–Crippen MR) is 96.7 cm³/mol. The molecule has 1 saturated heterocycles. The van der Waals surface area contributed by atoms with Crippen LogP contribution >= 0.6 is 0 Å². The van der Waals surface area contributed by atoms with Crippen molar-refractivity contribution in [2.45, 2.75) is 25.3 Å². The van der Waals surface area contributed by atoms with Gasteiger partial charge in [-0.05, 0) is 37.0 Å². The summed E-state index contributed by atoms with van der Waals surface area (Å²) in [5.74, 6) is -0.0649. The summed E-state index contributed by atoms with van der Waals surface area (Å²) >= 11 is 0. The highest BCUT2D eigenvalue weighted by molar-refractivity contribution is 5.93. The number of rotatable bonds is 3. The molecule has 0 bridgehead atoms. The molecule has 0 N–H and O–H groups in total. The lowest BCUT2D eigenvalue weighted by Crippen LogP contribution is -2.37. The minimum Gasteiger partial charge on any atom is -0.451 e. The fourth-order valence-corrected chi connectivity index (χ4v) is 3.55. The first-order chi connectivity index (χ1) is 12.2. The maximum absolute atomic E-state index is 12.9. The van der Waals surface area contributed by atoms with E-state index in [2.05, 4.69) is 12.1 Å².